The highest BCUT2D eigenvalue weighted by Crippen LogP contribution is 2.06. The lowest BCUT2D eigenvalue weighted by molar-refractivity contribution is 0.264. The molecule has 0 aromatic carbocycles. The Balaban J connectivity index is 3.34. The zero-order valence-electron chi connectivity index (χ0n) is 5.71. The van der Waals surface area contributed by atoms with Crippen molar-refractivity contribution in [2.45, 2.75) is 9.67 Å². The summed E-state index contributed by atoms with van der Waals surface area (Å²) >= 11 is 19.2. The van der Waals surface area contributed by atoms with Crippen LogP contribution in [0.5, 0.6) is 0 Å². The molecule has 0 aromatic heterocycles. The van der Waals surface area contributed by atoms with E-state index in [1.807, 2.05) is 0 Å². The Bertz CT molecular complexity index is 128. The molecule has 0 aliphatic heterocycles. The van der Waals surface area contributed by atoms with Crippen LogP contribution in [0.4, 0.5) is 0 Å². The van der Waals surface area contributed by atoms with Crippen LogP contribution in [-0.2, 0) is 19.7 Å². The Kier molecular flexibility index (Phi) is 8.40. The van der Waals surface area contributed by atoms with E-state index in [0.29, 0.717) is 0 Å². The third-order valence-electron chi connectivity index (χ3n) is 0.581. The van der Waals surface area contributed by atoms with Crippen LogP contribution in [-0.4, -0.2) is 27.1 Å². The standard InChI is InChI=1S/C4H6Cl4O3S/c5-3(6)1-10-12(9)11-2-4(7)8/h3-4H,1-2H2. The third-order valence-corrected chi connectivity index (χ3v) is 1.74. The van der Waals surface area contributed by atoms with Gasteiger partial charge in [-0.05, 0) is 0 Å². The van der Waals surface area contributed by atoms with E-state index in [1.54, 1.807) is 0 Å². The Morgan fingerprint density at radius 1 is 1.00 bits per heavy atom. The Hall–Kier alpha value is 1.23. The molecule has 8 heteroatoms. The number of hydrogen-bond donors (Lipinski definition) is 0. The Labute approximate surface area is 93.1 Å². The summed E-state index contributed by atoms with van der Waals surface area (Å²) < 4.78 is 19.7. The fourth-order valence-corrected chi connectivity index (χ4v) is 1.36. The van der Waals surface area contributed by atoms with Gasteiger partial charge in [0.25, 0.3) is 0 Å². The van der Waals surface area contributed by atoms with Gasteiger partial charge in [0.15, 0.2) is 0 Å². The molecular formula is C4H6Cl4O3S. The first-order valence-corrected chi connectivity index (χ1v) is 5.51. The zero-order chi connectivity index (χ0) is 9.56. The van der Waals surface area contributed by atoms with Crippen molar-refractivity contribution in [1.29, 1.82) is 0 Å². The van der Waals surface area contributed by atoms with Gasteiger partial charge in [-0.2, -0.15) is 4.21 Å². The van der Waals surface area contributed by atoms with Crippen molar-refractivity contribution in [1.82, 2.24) is 0 Å². The molecule has 0 N–H and O–H groups in total. The van der Waals surface area contributed by atoms with Crippen LogP contribution >= 0.6 is 46.4 Å². The second-order valence-corrected chi connectivity index (χ2v) is 4.99. The highest BCUT2D eigenvalue weighted by atomic mass is 35.5. The minimum atomic E-state index is -1.90. The number of hydrogen-bond acceptors (Lipinski definition) is 3. The molecular weight excluding hydrogens is 270 g/mol. The van der Waals surface area contributed by atoms with E-state index in [1.165, 1.54) is 0 Å². The molecule has 74 valence electrons. The van der Waals surface area contributed by atoms with Crippen LogP contribution in [0.3, 0.4) is 0 Å². The first kappa shape index (κ1) is 13.2. The van der Waals surface area contributed by atoms with Gasteiger partial charge in [-0.1, -0.05) is 0 Å². The average molecular weight is 276 g/mol. The lowest BCUT2D eigenvalue weighted by Crippen LogP contribution is -2.11. The molecule has 0 fully saturated rings. The SMILES string of the molecule is O=S(OCC(Cl)Cl)OCC(Cl)Cl. The van der Waals surface area contributed by atoms with E-state index in [9.17, 15) is 4.21 Å². The summed E-state index contributed by atoms with van der Waals surface area (Å²) in [6.07, 6.45) is 0. The van der Waals surface area contributed by atoms with Gasteiger partial charge in [-0.25, -0.2) is 0 Å². The van der Waals surface area contributed by atoms with Crippen molar-refractivity contribution in [3.05, 3.63) is 0 Å². The van der Waals surface area contributed by atoms with Crippen molar-refractivity contribution in [3.8, 4) is 0 Å². The summed E-state index contributed by atoms with van der Waals surface area (Å²) in [7, 11) is 0. The van der Waals surface area contributed by atoms with Gasteiger partial charge in [-0.15, -0.1) is 46.4 Å². The quantitative estimate of drug-likeness (QED) is 0.698. The number of rotatable bonds is 6. The first-order chi connectivity index (χ1) is 5.52. The van der Waals surface area contributed by atoms with E-state index in [0.717, 1.165) is 0 Å². The fourth-order valence-electron chi connectivity index (χ4n) is 0.248. The normalized spacial score (nSPS) is 11.9. The van der Waals surface area contributed by atoms with Crippen LogP contribution < -0.4 is 0 Å². The molecule has 3 nitrogen and oxygen atoms in total. The second kappa shape index (κ2) is 7.62. The number of halogens is 4. The molecule has 0 saturated heterocycles. The van der Waals surface area contributed by atoms with Crippen molar-refractivity contribution >= 4 is 57.8 Å². The van der Waals surface area contributed by atoms with Gasteiger partial charge in [-0.3, -0.25) is 8.37 Å². The molecule has 0 heterocycles. The highest BCUT2D eigenvalue weighted by Gasteiger charge is 2.07. The molecule has 0 amide bonds. The average Bonchev–Trinajstić information content (AvgIpc) is 1.96. The molecule has 0 unspecified atom stereocenters. The first-order valence-electron chi connectivity index (χ1n) is 2.77. The summed E-state index contributed by atoms with van der Waals surface area (Å²) in [6.45, 7) is -0.157. The molecule has 0 aliphatic rings. The van der Waals surface area contributed by atoms with Crippen LogP contribution in [0.25, 0.3) is 0 Å². The molecule has 0 saturated carbocycles. The van der Waals surface area contributed by atoms with Gasteiger partial charge in [0.1, 0.15) is 9.67 Å². The summed E-state index contributed by atoms with van der Waals surface area (Å²) in [6, 6.07) is 0. The molecule has 0 aromatic rings. The van der Waals surface area contributed by atoms with E-state index >= 15 is 0 Å². The lowest BCUT2D eigenvalue weighted by Gasteiger charge is -2.03. The topological polar surface area (TPSA) is 35.5 Å². The summed E-state index contributed by atoms with van der Waals surface area (Å²) in [4.78, 5) is -1.47. The monoisotopic (exact) mass is 274 g/mol. The minimum absolute atomic E-state index is 0.0784. The van der Waals surface area contributed by atoms with Crippen LogP contribution in [0.15, 0.2) is 0 Å². The Morgan fingerprint density at radius 3 is 1.58 bits per heavy atom. The van der Waals surface area contributed by atoms with Crippen LogP contribution in [0.1, 0.15) is 0 Å². The molecule has 0 rings (SSSR count). The largest absolute Gasteiger partial charge is 0.304 e. The zero-order valence-corrected chi connectivity index (χ0v) is 9.55. The maximum Gasteiger partial charge on any atom is 0.304 e. The molecule has 0 bridgehead atoms. The van der Waals surface area contributed by atoms with Gasteiger partial charge in [0, 0.05) is 0 Å². The molecule has 0 aliphatic carbocycles. The van der Waals surface area contributed by atoms with Crippen LogP contribution in [0, 0.1) is 0 Å². The summed E-state index contributed by atoms with van der Waals surface area (Å²) in [5.41, 5.74) is 0. The minimum Gasteiger partial charge on any atom is -0.266 e. The number of alkyl halides is 4. The molecule has 0 atom stereocenters. The smallest absolute Gasteiger partial charge is 0.266 e. The van der Waals surface area contributed by atoms with Crippen molar-refractivity contribution in [3.63, 3.8) is 0 Å². The van der Waals surface area contributed by atoms with E-state index in [2.05, 4.69) is 8.37 Å². The molecule has 0 spiro atoms. The van der Waals surface area contributed by atoms with Crippen molar-refractivity contribution < 1.29 is 12.6 Å². The van der Waals surface area contributed by atoms with Gasteiger partial charge in [0.2, 0.25) is 0 Å². The maximum atomic E-state index is 10.7. The fraction of sp³-hybridized carbons (Fsp3) is 1.00. The summed E-state index contributed by atoms with van der Waals surface area (Å²) in [5.74, 6) is 0. The van der Waals surface area contributed by atoms with Crippen molar-refractivity contribution in [2.75, 3.05) is 13.2 Å². The van der Waals surface area contributed by atoms with E-state index < -0.39 is 21.0 Å². The molecule has 0 radical (unpaired) electrons. The van der Waals surface area contributed by atoms with Gasteiger partial charge >= 0.3 is 11.4 Å². The van der Waals surface area contributed by atoms with E-state index in [4.69, 9.17) is 46.4 Å². The predicted octanol–water partition coefficient (Wildman–Crippen LogP) is 2.21. The highest BCUT2D eigenvalue weighted by molar-refractivity contribution is 7.75. The molecule has 12 heavy (non-hydrogen) atoms. The lowest BCUT2D eigenvalue weighted by atomic mass is 10.9. The van der Waals surface area contributed by atoms with Gasteiger partial charge < -0.3 is 0 Å². The predicted molar refractivity (Wildman–Crippen MR) is 51.0 cm³/mol. The Morgan fingerprint density at radius 2 is 1.33 bits per heavy atom. The summed E-state index contributed by atoms with van der Waals surface area (Å²) in [5, 5.41) is 0. The second-order valence-electron chi connectivity index (χ2n) is 1.56. The van der Waals surface area contributed by atoms with E-state index in [-0.39, 0.29) is 13.2 Å². The van der Waals surface area contributed by atoms with Crippen molar-refractivity contribution in [2.24, 2.45) is 0 Å². The maximum absolute atomic E-state index is 10.7. The van der Waals surface area contributed by atoms with Gasteiger partial charge in [0.05, 0.1) is 13.2 Å². The third kappa shape index (κ3) is 9.32. The van der Waals surface area contributed by atoms with Crippen LogP contribution in [0.2, 0.25) is 0 Å².